The van der Waals surface area contributed by atoms with Crippen molar-refractivity contribution in [1.82, 2.24) is 0 Å². The molecular formula is C13H19ClN2O3. The third kappa shape index (κ3) is 4.69. The number of ether oxygens (including phenoxy) is 1. The van der Waals surface area contributed by atoms with E-state index >= 15 is 0 Å². The number of benzene rings is 1. The molecule has 1 rings (SSSR count). The molecule has 1 aromatic carbocycles. The largest absolute Gasteiger partial charge is 0.381 e. The molecule has 5 nitrogen and oxygen atoms in total. The molecular weight excluding hydrogens is 268 g/mol. The van der Waals surface area contributed by atoms with Gasteiger partial charge in [-0.2, -0.15) is 0 Å². The highest BCUT2D eigenvalue weighted by Crippen LogP contribution is 2.28. The standard InChI is InChI=1S/C13H19ClN2O3/c1-9(8-13(2,3)19-4)15-12-6-5-10(16(17)18)7-11(12)14/h5-7,9,15H,8H2,1-4H3. The number of rotatable bonds is 6. The second-order valence-electron chi connectivity index (χ2n) is 5.13. The van der Waals surface area contributed by atoms with Crippen LogP contribution < -0.4 is 5.32 Å². The first-order valence-electron chi connectivity index (χ1n) is 6.01. The van der Waals surface area contributed by atoms with Gasteiger partial charge in [0.15, 0.2) is 0 Å². The minimum absolute atomic E-state index is 0.0135. The topological polar surface area (TPSA) is 64.4 Å². The number of nitrogens with zero attached hydrogens (tertiary/aromatic N) is 1. The second-order valence-corrected chi connectivity index (χ2v) is 5.54. The Kier molecular flexibility index (Phi) is 5.14. The zero-order valence-corrected chi connectivity index (χ0v) is 12.3. The summed E-state index contributed by atoms with van der Waals surface area (Å²) in [5.41, 5.74) is 0.437. The fraction of sp³-hybridized carbons (Fsp3) is 0.538. The number of nitro groups is 1. The van der Waals surface area contributed by atoms with Crippen LogP contribution in [0.2, 0.25) is 5.02 Å². The molecule has 6 heteroatoms. The quantitative estimate of drug-likeness (QED) is 0.637. The number of nitrogens with one attached hydrogen (secondary N) is 1. The average molecular weight is 287 g/mol. The molecule has 1 aromatic rings. The van der Waals surface area contributed by atoms with Gasteiger partial charge in [0, 0.05) is 25.3 Å². The van der Waals surface area contributed by atoms with E-state index in [1.807, 2.05) is 20.8 Å². The van der Waals surface area contributed by atoms with Crippen LogP contribution in [0.25, 0.3) is 0 Å². The molecule has 1 N–H and O–H groups in total. The van der Waals surface area contributed by atoms with Gasteiger partial charge in [0.25, 0.3) is 5.69 Å². The number of anilines is 1. The maximum Gasteiger partial charge on any atom is 0.271 e. The lowest BCUT2D eigenvalue weighted by atomic mass is 9.99. The van der Waals surface area contributed by atoms with Crippen molar-refractivity contribution in [3.05, 3.63) is 33.3 Å². The average Bonchev–Trinajstić information content (AvgIpc) is 2.30. The van der Waals surface area contributed by atoms with Gasteiger partial charge in [0.05, 0.1) is 21.2 Å². The zero-order chi connectivity index (χ0) is 14.6. The molecule has 0 aliphatic rings. The smallest absolute Gasteiger partial charge is 0.271 e. The first-order chi connectivity index (χ1) is 8.75. The van der Waals surface area contributed by atoms with Gasteiger partial charge >= 0.3 is 0 Å². The fourth-order valence-electron chi connectivity index (χ4n) is 1.87. The summed E-state index contributed by atoms with van der Waals surface area (Å²) in [7, 11) is 1.67. The van der Waals surface area contributed by atoms with Gasteiger partial charge in [-0.25, -0.2) is 0 Å². The molecule has 1 atom stereocenters. The van der Waals surface area contributed by atoms with Crippen molar-refractivity contribution in [2.75, 3.05) is 12.4 Å². The van der Waals surface area contributed by atoms with E-state index in [1.165, 1.54) is 12.1 Å². The van der Waals surface area contributed by atoms with Crippen LogP contribution in [0.15, 0.2) is 18.2 Å². The second kappa shape index (κ2) is 6.21. The molecule has 0 saturated heterocycles. The molecule has 0 radical (unpaired) electrons. The van der Waals surface area contributed by atoms with Crippen molar-refractivity contribution in [1.29, 1.82) is 0 Å². The summed E-state index contributed by atoms with van der Waals surface area (Å²) in [5, 5.41) is 14.2. The lowest BCUT2D eigenvalue weighted by Gasteiger charge is -2.27. The van der Waals surface area contributed by atoms with Crippen LogP contribution >= 0.6 is 11.6 Å². The van der Waals surface area contributed by atoms with E-state index in [-0.39, 0.29) is 17.3 Å². The summed E-state index contributed by atoms with van der Waals surface area (Å²) in [6.07, 6.45) is 0.789. The molecule has 106 valence electrons. The van der Waals surface area contributed by atoms with Gasteiger partial charge in [-0.15, -0.1) is 0 Å². The van der Waals surface area contributed by atoms with E-state index < -0.39 is 4.92 Å². The Hall–Kier alpha value is -1.33. The van der Waals surface area contributed by atoms with Gasteiger partial charge in [-0.3, -0.25) is 10.1 Å². The number of halogens is 1. The molecule has 0 aromatic heterocycles. The fourth-order valence-corrected chi connectivity index (χ4v) is 2.10. The SMILES string of the molecule is COC(C)(C)CC(C)Nc1ccc([N+](=O)[O-])cc1Cl. The third-order valence-electron chi connectivity index (χ3n) is 2.92. The Labute approximate surface area is 118 Å². The summed E-state index contributed by atoms with van der Waals surface area (Å²) in [6.45, 7) is 6.02. The zero-order valence-electron chi connectivity index (χ0n) is 11.6. The van der Waals surface area contributed by atoms with Crippen LogP contribution in [-0.4, -0.2) is 23.7 Å². The highest BCUT2D eigenvalue weighted by atomic mass is 35.5. The molecule has 0 saturated carbocycles. The van der Waals surface area contributed by atoms with Gasteiger partial charge < -0.3 is 10.1 Å². The number of non-ortho nitro benzene ring substituents is 1. The Bertz CT molecular complexity index is 463. The normalized spacial score (nSPS) is 13.1. The molecule has 0 aliphatic carbocycles. The van der Waals surface area contributed by atoms with Crippen molar-refractivity contribution >= 4 is 23.0 Å². The van der Waals surface area contributed by atoms with Gasteiger partial charge in [-0.05, 0) is 33.3 Å². The molecule has 0 fully saturated rings. The Balaban J connectivity index is 2.75. The number of hydrogen-bond acceptors (Lipinski definition) is 4. The molecule has 1 unspecified atom stereocenters. The van der Waals surface area contributed by atoms with Crippen LogP contribution in [0, 0.1) is 10.1 Å². The predicted molar refractivity (Wildman–Crippen MR) is 76.9 cm³/mol. The minimum Gasteiger partial charge on any atom is -0.381 e. The van der Waals surface area contributed by atoms with Crippen LogP contribution in [-0.2, 0) is 4.74 Å². The van der Waals surface area contributed by atoms with Crippen molar-refractivity contribution in [2.45, 2.75) is 38.8 Å². The van der Waals surface area contributed by atoms with Crippen molar-refractivity contribution in [3.8, 4) is 0 Å². The minimum atomic E-state index is -0.465. The van der Waals surface area contributed by atoms with Crippen LogP contribution in [0.4, 0.5) is 11.4 Å². The number of hydrogen-bond donors (Lipinski definition) is 1. The first kappa shape index (κ1) is 15.7. The molecule has 0 bridgehead atoms. The van der Waals surface area contributed by atoms with Crippen molar-refractivity contribution in [3.63, 3.8) is 0 Å². The summed E-state index contributed by atoms with van der Waals surface area (Å²) in [4.78, 5) is 10.2. The predicted octanol–water partition coefficient (Wildman–Crippen LogP) is 3.86. The van der Waals surface area contributed by atoms with E-state index in [1.54, 1.807) is 13.2 Å². The number of methoxy groups -OCH3 is 1. The lowest BCUT2D eigenvalue weighted by Crippen LogP contribution is -2.31. The van der Waals surface area contributed by atoms with Crippen LogP contribution in [0.1, 0.15) is 27.2 Å². The van der Waals surface area contributed by atoms with Crippen molar-refractivity contribution < 1.29 is 9.66 Å². The Morgan fingerprint density at radius 2 is 2.16 bits per heavy atom. The van der Waals surface area contributed by atoms with Gasteiger partial charge in [-0.1, -0.05) is 11.6 Å². The van der Waals surface area contributed by atoms with E-state index in [0.717, 1.165) is 6.42 Å². The van der Waals surface area contributed by atoms with Gasteiger partial charge in [0.1, 0.15) is 0 Å². The summed E-state index contributed by atoms with van der Waals surface area (Å²) >= 11 is 6.02. The monoisotopic (exact) mass is 286 g/mol. The lowest BCUT2D eigenvalue weighted by molar-refractivity contribution is -0.384. The van der Waals surface area contributed by atoms with Gasteiger partial charge in [0.2, 0.25) is 0 Å². The maximum absolute atomic E-state index is 10.6. The van der Waals surface area contributed by atoms with E-state index in [4.69, 9.17) is 16.3 Å². The highest BCUT2D eigenvalue weighted by molar-refractivity contribution is 6.33. The Morgan fingerprint density at radius 3 is 2.63 bits per heavy atom. The van der Waals surface area contributed by atoms with E-state index in [0.29, 0.717) is 10.7 Å². The molecule has 0 heterocycles. The maximum atomic E-state index is 10.6. The van der Waals surface area contributed by atoms with Crippen molar-refractivity contribution in [2.24, 2.45) is 0 Å². The summed E-state index contributed by atoms with van der Waals surface area (Å²) < 4.78 is 5.36. The first-order valence-corrected chi connectivity index (χ1v) is 6.38. The van der Waals surface area contributed by atoms with E-state index in [9.17, 15) is 10.1 Å². The van der Waals surface area contributed by atoms with Crippen LogP contribution in [0.5, 0.6) is 0 Å². The molecule has 0 amide bonds. The third-order valence-corrected chi connectivity index (χ3v) is 3.23. The van der Waals surface area contributed by atoms with E-state index in [2.05, 4.69) is 5.32 Å². The van der Waals surface area contributed by atoms with Crippen LogP contribution in [0.3, 0.4) is 0 Å². The number of nitro benzene ring substituents is 1. The molecule has 19 heavy (non-hydrogen) atoms. The summed E-state index contributed by atoms with van der Waals surface area (Å²) in [6, 6.07) is 4.53. The summed E-state index contributed by atoms with van der Waals surface area (Å²) in [5.74, 6) is 0. The molecule has 0 aliphatic heterocycles. The molecule has 0 spiro atoms. The highest BCUT2D eigenvalue weighted by Gasteiger charge is 2.20. The Morgan fingerprint density at radius 1 is 1.53 bits per heavy atom.